The van der Waals surface area contributed by atoms with Gasteiger partial charge < -0.3 is 0 Å². The number of allylic oxidation sites excluding steroid dienone is 4. The molecule has 5 heteroatoms. The normalized spacial score (nSPS) is 16.7. The molecule has 0 aromatic heterocycles. The van der Waals surface area contributed by atoms with Gasteiger partial charge in [0.15, 0.2) is 11.6 Å². The predicted molar refractivity (Wildman–Crippen MR) is 78.0 cm³/mol. The summed E-state index contributed by atoms with van der Waals surface area (Å²) in [7, 11) is 0. The van der Waals surface area contributed by atoms with Crippen LogP contribution in [0.2, 0.25) is 0 Å². The first-order chi connectivity index (χ1) is 10.1. The molecule has 0 radical (unpaired) electrons. The van der Waals surface area contributed by atoms with E-state index in [9.17, 15) is 14.4 Å². The maximum Gasteiger partial charge on any atom is 0.245 e. The van der Waals surface area contributed by atoms with Gasteiger partial charge in [0.1, 0.15) is 5.88 Å². The number of amides is 1. The zero-order chi connectivity index (χ0) is 15.0. The first-order valence-electron chi connectivity index (χ1n) is 6.29. The molecule has 1 aromatic rings. The number of ketones is 2. The number of hydrogen-bond acceptors (Lipinski definition) is 3. The summed E-state index contributed by atoms with van der Waals surface area (Å²) in [5.41, 5.74) is 1.48. The SMILES string of the molecule is O=C1C(=C2C=CN(C(=O)CCl)C=C2)C(=O)c2ccccc21. The van der Waals surface area contributed by atoms with E-state index in [1.807, 2.05) is 0 Å². The Bertz CT molecular complexity index is 706. The molecule has 2 aliphatic rings. The third-order valence-corrected chi connectivity index (χ3v) is 3.62. The van der Waals surface area contributed by atoms with Gasteiger partial charge in [0, 0.05) is 23.5 Å². The average molecular weight is 300 g/mol. The minimum atomic E-state index is -0.281. The Labute approximate surface area is 126 Å². The number of fused-ring (bicyclic) bond motifs is 1. The summed E-state index contributed by atoms with van der Waals surface area (Å²) in [6.07, 6.45) is 6.14. The molecule has 1 amide bonds. The van der Waals surface area contributed by atoms with Crippen LogP contribution in [-0.2, 0) is 4.79 Å². The number of halogens is 1. The molecule has 1 heterocycles. The second-order valence-corrected chi connectivity index (χ2v) is 4.87. The molecule has 104 valence electrons. The Kier molecular flexibility index (Phi) is 3.31. The molecule has 4 nitrogen and oxygen atoms in total. The molecule has 1 aliphatic heterocycles. The van der Waals surface area contributed by atoms with Crippen molar-refractivity contribution in [2.75, 3.05) is 5.88 Å². The van der Waals surface area contributed by atoms with E-state index in [1.165, 1.54) is 17.3 Å². The first kappa shape index (κ1) is 13.5. The number of benzene rings is 1. The number of Topliss-reactive ketones (excluding diaryl/α,β-unsaturated/α-hetero) is 2. The van der Waals surface area contributed by atoms with Crippen LogP contribution < -0.4 is 0 Å². The van der Waals surface area contributed by atoms with Crippen molar-refractivity contribution in [2.45, 2.75) is 0 Å². The van der Waals surface area contributed by atoms with Crippen LogP contribution in [0.25, 0.3) is 0 Å². The van der Waals surface area contributed by atoms with Crippen LogP contribution in [0.15, 0.2) is 60.0 Å². The van der Waals surface area contributed by atoms with Crippen molar-refractivity contribution in [3.8, 4) is 0 Å². The second-order valence-electron chi connectivity index (χ2n) is 4.60. The molecule has 0 atom stereocenters. The lowest BCUT2D eigenvalue weighted by atomic mass is 10.0. The summed E-state index contributed by atoms with van der Waals surface area (Å²) in [6, 6.07) is 6.74. The van der Waals surface area contributed by atoms with E-state index in [0.717, 1.165) is 0 Å². The van der Waals surface area contributed by atoms with Crippen LogP contribution >= 0.6 is 11.6 Å². The summed E-state index contributed by atoms with van der Waals surface area (Å²) in [5, 5.41) is 0. The molecular formula is C16H10ClNO3. The topological polar surface area (TPSA) is 54.5 Å². The molecule has 0 bridgehead atoms. The van der Waals surface area contributed by atoms with Gasteiger partial charge in [-0.3, -0.25) is 19.3 Å². The van der Waals surface area contributed by atoms with Crippen LogP contribution in [0.4, 0.5) is 0 Å². The molecule has 1 aliphatic carbocycles. The Morgan fingerprint density at radius 2 is 1.52 bits per heavy atom. The molecule has 0 spiro atoms. The molecule has 0 saturated carbocycles. The first-order valence-corrected chi connectivity index (χ1v) is 6.83. The lowest BCUT2D eigenvalue weighted by molar-refractivity contribution is -0.123. The van der Waals surface area contributed by atoms with Crippen molar-refractivity contribution < 1.29 is 14.4 Å². The monoisotopic (exact) mass is 299 g/mol. The quantitative estimate of drug-likeness (QED) is 0.455. The van der Waals surface area contributed by atoms with E-state index in [2.05, 4.69) is 0 Å². The second kappa shape index (κ2) is 5.14. The van der Waals surface area contributed by atoms with Gasteiger partial charge in [0.05, 0.1) is 5.57 Å². The highest BCUT2D eigenvalue weighted by atomic mass is 35.5. The van der Waals surface area contributed by atoms with Crippen LogP contribution in [-0.4, -0.2) is 28.3 Å². The smallest absolute Gasteiger partial charge is 0.245 e. The molecule has 3 rings (SSSR count). The Morgan fingerprint density at radius 3 is 2.00 bits per heavy atom. The van der Waals surface area contributed by atoms with E-state index in [-0.39, 0.29) is 28.9 Å². The van der Waals surface area contributed by atoms with Gasteiger partial charge in [0.2, 0.25) is 5.91 Å². The lowest BCUT2D eigenvalue weighted by Crippen LogP contribution is -2.22. The van der Waals surface area contributed by atoms with Crippen molar-refractivity contribution in [3.05, 3.63) is 71.1 Å². The third kappa shape index (κ3) is 2.14. The standard InChI is InChI=1S/C16H10ClNO3/c17-9-13(19)18-7-5-10(6-8-18)14-15(20)11-3-1-2-4-12(11)16(14)21/h1-8H,9H2. The molecule has 0 saturated heterocycles. The summed E-state index contributed by atoms with van der Waals surface area (Å²) < 4.78 is 0. The minimum Gasteiger partial charge on any atom is -0.294 e. The average Bonchev–Trinajstić information content (AvgIpc) is 2.79. The Hall–Kier alpha value is -2.46. The van der Waals surface area contributed by atoms with Gasteiger partial charge in [0.25, 0.3) is 0 Å². The number of nitrogens with zero attached hydrogens (tertiary/aromatic N) is 1. The van der Waals surface area contributed by atoms with Crippen LogP contribution in [0.3, 0.4) is 0 Å². The van der Waals surface area contributed by atoms with E-state index >= 15 is 0 Å². The van der Waals surface area contributed by atoms with Gasteiger partial charge in [-0.2, -0.15) is 0 Å². The van der Waals surface area contributed by atoms with Crippen molar-refractivity contribution in [3.63, 3.8) is 0 Å². The molecule has 0 fully saturated rings. The predicted octanol–water partition coefficient (Wildman–Crippen LogP) is 2.47. The van der Waals surface area contributed by atoms with Crippen LogP contribution in [0.1, 0.15) is 20.7 Å². The fraction of sp³-hybridized carbons (Fsp3) is 0.0625. The van der Waals surface area contributed by atoms with Crippen LogP contribution in [0.5, 0.6) is 0 Å². The van der Waals surface area contributed by atoms with Gasteiger partial charge in [-0.1, -0.05) is 24.3 Å². The fourth-order valence-electron chi connectivity index (χ4n) is 2.34. The number of hydrogen-bond donors (Lipinski definition) is 0. The van der Waals surface area contributed by atoms with Crippen molar-refractivity contribution in [1.29, 1.82) is 0 Å². The van der Waals surface area contributed by atoms with E-state index in [0.29, 0.717) is 16.7 Å². The number of carbonyl (C=O) groups is 3. The maximum absolute atomic E-state index is 12.3. The molecular weight excluding hydrogens is 290 g/mol. The fourth-order valence-corrected chi connectivity index (χ4v) is 2.48. The summed E-state index contributed by atoms with van der Waals surface area (Å²) in [4.78, 5) is 37.4. The summed E-state index contributed by atoms with van der Waals surface area (Å²) >= 11 is 5.48. The Morgan fingerprint density at radius 1 is 1.00 bits per heavy atom. The van der Waals surface area contributed by atoms with Gasteiger partial charge in [-0.05, 0) is 17.7 Å². The zero-order valence-electron chi connectivity index (χ0n) is 10.9. The van der Waals surface area contributed by atoms with E-state index in [4.69, 9.17) is 11.6 Å². The zero-order valence-corrected chi connectivity index (χ0v) is 11.6. The maximum atomic E-state index is 12.3. The lowest BCUT2D eigenvalue weighted by Gasteiger charge is -2.16. The molecule has 21 heavy (non-hydrogen) atoms. The number of carbonyl (C=O) groups excluding carboxylic acids is 3. The van der Waals surface area contributed by atoms with Gasteiger partial charge in [-0.25, -0.2) is 0 Å². The van der Waals surface area contributed by atoms with Gasteiger partial charge >= 0.3 is 0 Å². The van der Waals surface area contributed by atoms with E-state index < -0.39 is 0 Å². The molecule has 1 aromatic carbocycles. The number of alkyl halides is 1. The highest BCUT2D eigenvalue weighted by Crippen LogP contribution is 2.30. The van der Waals surface area contributed by atoms with Gasteiger partial charge in [-0.15, -0.1) is 11.6 Å². The third-order valence-electron chi connectivity index (χ3n) is 3.39. The van der Waals surface area contributed by atoms with Crippen molar-refractivity contribution >= 4 is 29.1 Å². The summed E-state index contributed by atoms with van der Waals surface area (Å²) in [6.45, 7) is 0. The summed E-state index contributed by atoms with van der Waals surface area (Å²) in [5.74, 6) is -0.973. The van der Waals surface area contributed by atoms with Crippen molar-refractivity contribution in [2.24, 2.45) is 0 Å². The Balaban J connectivity index is 2.00. The molecule has 0 unspecified atom stereocenters. The highest BCUT2D eigenvalue weighted by Gasteiger charge is 2.34. The van der Waals surface area contributed by atoms with Crippen LogP contribution in [0, 0.1) is 0 Å². The van der Waals surface area contributed by atoms with Crippen molar-refractivity contribution in [1.82, 2.24) is 4.90 Å². The minimum absolute atomic E-state index is 0.135. The van der Waals surface area contributed by atoms with E-state index in [1.54, 1.807) is 36.4 Å². The largest absolute Gasteiger partial charge is 0.294 e. The highest BCUT2D eigenvalue weighted by molar-refractivity contribution is 6.40. The number of rotatable bonds is 1. The molecule has 0 N–H and O–H groups in total.